The van der Waals surface area contributed by atoms with Crippen molar-refractivity contribution in [3.63, 3.8) is 0 Å². The molecule has 1 aliphatic rings. The molecule has 3 aromatic rings. The third-order valence-corrected chi connectivity index (χ3v) is 5.54. The van der Waals surface area contributed by atoms with Crippen LogP contribution < -0.4 is 4.90 Å². The molecule has 4 rings (SSSR count). The Hall–Kier alpha value is -2.48. The summed E-state index contributed by atoms with van der Waals surface area (Å²) in [5, 5.41) is 1.30. The van der Waals surface area contributed by atoms with Crippen LogP contribution in [0.3, 0.4) is 0 Å². The van der Waals surface area contributed by atoms with E-state index in [9.17, 15) is 0 Å². The summed E-state index contributed by atoms with van der Waals surface area (Å²) in [6.07, 6.45) is 3.64. The molecule has 2 nitrogen and oxygen atoms in total. The predicted octanol–water partition coefficient (Wildman–Crippen LogP) is 5.82. The molecule has 1 aliphatic heterocycles. The summed E-state index contributed by atoms with van der Waals surface area (Å²) in [5.41, 5.74) is 9.06. The summed E-state index contributed by atoms with van der Waals surface area (Å²) < 4.78 is 2.24. The maximum Gasteiger partial charge on any atom is 0.0488 e. The average Bonchev–Trinajstić information content (AvgIpc) is 3.10. The molecule has 1 aromatic heterocycles. The van der Waals surface area contributed by atoms with Crippen molar-refractivity contribution in [2.75, 3.05) is 4.90 Å². The molecule has 0 aliphatic carbocycles. The molecule has 0 amide bonds. The van der Waals surface area contributed by atoms with Gasteiger partial charge in [0.05, 0.1) is 0 Å². The highest BCUT2D eigenvalue weighted by molar-refractivity contribution is 5.90. The maximum absolute atomic E-state index is 4.40. The summed E-state index contributed by atoms with van der Waals surface area (Å²) >= 11 is 0. The van der Waals surface area contributed by atoms with E-state index in [1.54, 1.807) is 0 Å². The standard InChI is InChI=1S/C23H26N2/c1-5-6-7-18-8-9-19-15-25(17(3)22(19)13-18)21-10-11-23-20(14-21)12-16(2)24(23)4/h8-14H,3,5-7,15H2,1-2,4H3. The Morgan fingerprint density at radius 2 is 1.92 bits per heavy atom. The average molecular weight is 330 g/mol. The van der Waals surface area contributed by atoms with Crippen molar-refractivity contribution in [3.8, 4) is 0 Å². The molecular formula is C23H26N2. The van der Waals surface area contributed by atoms with Crippen LogP contribution in [0.25, 0.3) is 16.6 Å². The molecule has 128 valence electrons. The van der Waals surface area contributed by atoms with E-state index in [1.807, 2.05) is 0 Å². The molecule has 0 unspecified atom stereocenters. The summed E-state index contributed by atoms with van der Waals surface area (Å²) in [6.45, 7) is 9.71. The van der Waals surface area contributed by atoms with E-state index in [2.05, 4.69) is 79.4 Å². The van der Waals surface area contributed by atoms with Crippen molar-refractivity contribution < 1.29 is 0 Å². The number of nitrogens with zero attached hydrogens (tertiary/aromatic N) is 2. The molecule has 25 heavy (non-hydrogen) atoms. The smallest absolute Gasteiger partial charge is 0.0488 e. The zero-order chi connectivity index (χ0) is 17.6. The van der Waals surface area contributed by atoms with E-state index < -0.39 is 0 Å². The van der Waals surface area contributed by atoms with Gasteiger partial charge in [-0.15, -0.1) is 0 Å². The first kappa shape index (κ1) is 16.0. The number of aryl methyl sites for hydroxylation is 3. The monoisotopic (exact) mass is 330 g/mol. The Labute approximate surface area is 150 Å². The van der Waals surface area contributed by atoms with Crippen LogP contribution in [-0.2, 0) is 20.0 Å². The molecule has 0 atom stereocenters. The molecule has 2 aromatic carbocycles. The fourth-order valence-corrected chi connectivity index (χ4v) is 3.87. The van der Waals surface area contributed by atoms with Gasteiger partial charge >= 0.3 is 0 Å². The minimum Gasteiger partial charge on any atom is -0.348 e. The molecule has 0 saturated carbocycles. The number of benzene rings is 2. The topological polar surface area (TPSA) is 8.17 Å². The summed E-state index contributed by atoms with van der Waals surface area (Å²) in [7, 11) is 2.12. The lowest BCUT2D eigenvalue weighted by Crippen LogP contribution is -2.12. The molecule has 2 heteroatoms. The fraction of sp³-hybridized carbons (Fsp3) is 0.304. The van der Waals surface area contributed by atoms with E-state index >= 15 is 0 Å². The van der Waals surface area contributed by atoms with E-state index in [0.717, 1.165) is 18.7 Å². The first-order valence-electron chi connectivity index (χ1n) is 9.23. The zero-order valence-electron chi connectivity index (χ0n) is 15.5. The zero-order valence-corrected chi connectivity index (χ0v) is 15.5. The molecule has 0 radical (unpaired) electrons. The normalized spacial score (nSPS) is 13.7. The van der Waals surface area contributed by atoms with Gasteiger partial charge < -0.3 is 9.47 Å². The third-order valence-electron chi connectivity index (χ3n) is 5.54. The molecular weight excluding hydrogens is 304 g/mol. The van der Waals surface area contributed by atoms with Crippen LogP contribution in [0, 0.1) is 6.92 Å². The van der Waals surface area contributed by atoms with Crippen LogP contribution in [0.4, 0.5) is 5.69 Å². The second kappa shape index (κ2) is 6.11. The van der Waals surface area contributed by atoms with Crippen LogP contribution in [0.2, 0.25) is 0 Å². The second-order valence-electron chi connectivity index (χ2n) is 7.22. The molecule has 0 N–H and O–H groups in total. The number of fused-ring (bicyclic) bond motifs is 2. The number of anilines is 1. The largest absolute Gasteiger partial charge is 0.348 e. The molecule has 0 bridgehead atoms. The first-order valence-corrected chi connectivity index (χ1v) is 9.23. The highest BCUT2D eigenvalue weighted by Crippen LogP contribution is 2.37. The SMILES string of the molecule is C=C1c2cc(CCCC)ccc2CN1c1ccc2c(c1)cc(C)n2C. The van der Waals surface area contributed by atoms with Gasteiger partial charge in [0.2, 0.25) is 0 Å². The number of aromatic nitrogens is 1. The van der Waals surface area contributed by atoms with Crippen LogP contribution >= 0.6 is 0 Å². The van der Waals surface area contributed by atoms with Gasteiger partial charge in [0, 0.05) is 47.1 Å². The minimum atomic E-state index is 0.916. The van der Waals surface area contributed by atoms with Crippen molar-refractivity contribution in [2.45, 2.75) is 39.7 Å². The Bertz CT molecular complexity index is 962. The Morgan fingerprint density at radius 3 is 2.72 bits per heavy atom. The van der Waals surface area contributed by atoms with Crippen LogP contribution in [0.15, 0.2) is 49.0 Å². The highest BCUT2D eigenvalue weighted by Gasteiger charge is 2.24. The fourth-order valence-electron chi connectivity index (χ4n) is 3.87. The van der Waals surface area contributed by atoms with E-state index in [4.69, 9.17) is 0 Å². The van der Waals surface area contributed by atoms with Gasteiger partial charge in [-0.05, 0) is 61.2 Å². The number of unbranched alkanes of at least 4 members (excludes halogenated alkanes) is 1. The van der Waals surface area contributed by atoms with Gasteiger partial charge in [-0.2, -0.15) is 0 Å². The van der Waals surface area contributed by atoms with Gasteiger partial charge in [-0.25, -0.2) is 0 Å². The van der Waals surface area contributed by atoms with E-state index in [-0.39, 0.29) is 0 Å². The predicted molar refractivity (Wildman–Crippen MR) is 108 cm³/mol. The molecule has 0 fully saturated rings. The molecule has 0 spiro atoms. The van der Waals surface area contributed by atoms with Crippen LogP contribution in [-0.4, -0.2) is 4.57 Å². The summed E-state index contributed by atoms with van der Waals surface area (Å²) in [5.74, 6) is 0. The Morgan fingerprint density at radius 1 is 1.08 bits per heavy atom. The number of hydrogen-bond acceptors (Lipinski definition) is 1. The Kier molecular flexibility index (Phi) is 3.91. The lowest BCUT2D eigenvalue weighted by Gasteiger charge is -2.19. The van der Waals surface area contributed by atoms with Crippen molar-refractivity contribution in [2.24, 2.45) is 7.05 Å². The van der Waals surface area contributed by atoms with Crippen LogP contribution in [0.5, 0.6) is 0 Å². The van der Waals surface area contributed by atoms with Crippen molar-refractivity contribution in [1.82, 2.24) is 4.57 Å². The van der Waals surface area contributed by atoms with E-state index in [1.165, 1.54) is 51.8 Å². The minimum absolute atomic E-state index is 0.916. The number of hydrogen-bond donors (Lipinski definition) is 0. The third kappa shape index (κ3) is 2.66. The van der Waals surface area contributed by atoms with Gasteiger partial charge in [0.1, 0.15) is 0 Å². The number of rotatable bonds is 4. The lowest BCUT2D eigenvalue weighted by atomic mass is 10.0. The van der Waals surface area contributed by atoms with Crippen molar-refractivity contribution in [1.29, 1.82) is 0 Å². The quantitative estimate of drug-likeness (QED) is 0.585. The second-order valence-corrected chi connectivity index (χ2v) is 7.22. The Balaban J connectivity index is 1.67. The van der Waals surface area contributed by atoms with Crippen molar-refractivity contribution in [3.05, 3.63) is 71.4 Å². The first-order chi connectivity index (χ1) is 12.1. The maximum atomic E-state index is 4.40. The summed E-state index contributed by atoms with van der Waals surface area (Å²) in [6, 6.07) is 15.9. The van der Waals surface area contributed by atoms with Gasteiger partial charge in [-0.3, -0.25) is 0 Å². The van der Waals surface area contributed by atoms with Gasteiger partial charge in [0.25, 0.3) is 0 Å². The molecule has 2 heterocycles. The van der Waals surface area contributed by atoms with E-state index in [0.29, 0.717) is 0 Å². The molecule has 0 saturated heterocycles. The lowest BCUT2D eigenvalue weighted by molar-refractivity contribution is 0.794. The van der Waals surface area contributed by atoms with Crippen LogP contribution in [0.1, 0.15) is 42.1 Å². The van der Waals surface area contributed by atoms with Gasteiger partial charge in [-0.1, -0.05) is 32.1 Å². The van der Waals surface area contributed by atoms with Crippen molar-refractivity contribution >= 4 is 22.3 Å². The highest BCUT2D eigenvalue weighted by atomic mass is 15.2. The van der Waals surface area contributed by atoms with Gasteiger partial charge in [0.15, 0.2) is 0 Å². The summed E-state index contributed by atoms with van der Waals surface area (Å²) in [4.78, 5) is 2.34.